The molecule has 1 rings (SSSR count). The monoisotopic (exact) mass is 796 g/mol. The fraction of sp³-hybridized carbons (Fsp3) is 0.894. The molecule has 7 unspecified atom stereocenters. The van der Waals surface area contributed by atoms with Crippen LogP contribution in [0, 0.1) is 0 Å². The van der Waals surface area contributed by atoms with E-state index < -0.39 is 49.5 Å². The molecule has 0 spiro atoms. The number of unbranched alkanes of at least 4 members (excludes halogenated alkanes) is 27. The lowest BCUT2D eigenvalue weighted by Gasteiger charge is -2.40. The molecule has 1 saturated heterocycles. The summed E-state index contributed by atoms with van der Waals surface area (Å²) < 4.78 is 11.0. The lowest BCUT2D eigenvalue weighted by Crippen LogP contribution is -2.60. The normalized spacial score (nSPS) is 21.3. The zero-order valence-electron chi connectivity index (χ0n) is 36.1. The van der Waals surface area contributed by atoms with E-state index in [0.29, 0.717) is 12.8 Å². The van der Waals surface area contributed by atoms with Crippen LogP contribution in [0.4, 0.5) is 0 Å². The summed E-state index contributed by atoms with van der Waals surface area (Å²) in [4.78, 5) is 12.4. The third kappa shape index (κ3) is 28.2. The van der Waals surface area contributed by atoms with Gasteiger partial charge in [-0.1, -0.05) is 199 Å². The zero-order valence-corrected chi connectivity index (χ0v) is 36.1. The Balaban J connectivity index is 2.02. The first-order chi connectivity index (χ1) is 27.3. The molecular formula is C47H89NO8. The lowest BCUT2D eigenvalue weighted by atomic mass is 9.99. The largest absolute Gasteiger partial charge is 0.394 e. The van der Waals surface area contributed by atoms with Gasteiger partial charge in [-0.05, 0) is 32.1 Å². The number of hydrogen-bond acceptors (Lipinski definition) is 8. The number of amides is 1. The van der Waals surface area contributed by atoms with Gasteiger partial charge >= 0.3 is 0 Å². The number of carbonyl (C=O) groups is 1. The molecule has 1 aliphatic heterocycles. The Labute approximate surface area is 343 Å². The van der Waals surface area contributed by atoms with Crippen LogP contribution in [0.1, 0.15) is 213 Å². The van der Waals surface area contributed by atoms with Crippen LogP contribution in [-0.4, -0.2) is 87.5 Å². The summed E-state index contributed by atoms with van der Waals surface area (Å²) in [6, 6.07) is -0.813. The van der Waals surface area contributed by atoms with Crippen LogP contribution in [0.25, 0.3) is 0 Å². The van der Waals surface area contributed by atoms with Gasteiger partial charge in [-0.15, -0.1) is 0 Å². The summed E-state index contributed by atoms with van der Waals surface area (Å²) >= 11 is 0. The van der Waals surface area contributed by atoms with Gasteiger partial charge in [-0.2, -0.15) is 0 Å². The van der Waals surface area contributed by atoms with Crippen molar-refractivity contribution in [3.63, 3.8) is 0 Å². The number of nitrogens with one attached hydrogen (secondary N) is 1. The minimum atomic E-state index is -1.57. The van der Waals surface area contributed by atoms with Crippen LogP contribution in [-0.2, 0) is 14.3 Å². The Hall–Kier alpha value is -1.33. The van der Waals surface area contributed by atoms with Crippen molar-refractivity contribution in [2.45, 2.75) is 256 Å². The van der Waals surface area contributed by atoms with E-state index in [1.165, 1.54) is 161 Å². The maximum absolute atomic E-state index is 12.4. The molecule has 1 heterocycles. The van der Waals surface area contributed by atoms with Gasteiger partial charge in [0.05, 0.1) is 25.4 Å². The molecule has 0 aliphatic carbocycles. The first kappa shape index (κ1) is 52.7. The van der Waals surface area contributed by atoms with Gasteiger partial charge in [0, 0.05) is 6.42 Å². The van der Waals surface area contributed by atoms with E-state index in [0.717, 1.165) is 25.7 Å². The summed E-state index contributed by atoms with van der Waals surface area (Å²) in [6.45, 7) is 3.51. The average molecular weight is 796 g/mol. The molecule has 0 aromatic rings. The molecule has 56 heavy (non-hydrogen) atoms. The van der Waals surface area contributed by atoms with Crippen molar-refractivity contribution in [1.82, 2.24) is 5.32 Å². The molecular weight excluding hydrogens is 707 g/mol. The Kier molecular flexibility index (Phi) is 35.7. The molecule has 0 aromatic heterocycles. The van der Waals surface area contributed by atoms with E-state index in [2.05, 4.69) is 24.4 Å². The van der Waals surface area contributed by atoms with Crippen LogP contribution >= 0.6 is 0 Å². The molecule has 330 valence electrons. The highest BCUT2D eigenvalue weighted by Gasteiger charge is 2.44. The first-order valence-electron chi connectivity index (χ1n) is 23.6. The van der Waals surface area contributed by atoms with Crippen molar-refractivity contribution in [3.05, 3.63) is 24.3 Å². The minimum absolute atomic E-state index is 0.203. The maximum atomic E-state index is 12.4. The van der Waals surface area contributed by atoms with Gasteiger partial charge in [0.25, 0.3) is 0 Å². The highest BCUT2D eigenvalue weighted by molar-refractivity contribution is 5.76. The van der Waals surface area contributed by atoms with E-state index >= 15 is 0 Å². The molecule has 6 N–H and O–H groups in total. The van der Waals surface area contributed by atoms with Gasteiger partial charge in [0.15, 0.2) is 6.29 Å². The van der Waals surface area contributed by atoms with E-state index in [-0.39, 0.29) is 12.5 Å². The molecule has 7 atom stereocenters. The number of hydrogen-bond donors (Lipinski definition) is 6. The quantitative estimate of drug-likeness (QED) is 0.0266. The van der Waals surface area contributed by atoms with Crippen LogP contribution in [0.2, 0.25) is 0 Å². The Bertz CT molecular complexity index is 930. The number of aliphatic hydroxyl groups is 5. The predicted octanol–water partition coefficient (Wildman–Crippen LogP) is 9.89. The lowest BCUT2D eigenvalue weighted by molar-refractivity contribution is -0.302. The fourth-order valence-electron chi connectivity index (χ4n) is 7.44. The van der Waals surface area contributed by atoms with Crippen LogP contribution in [0.5, 0.6) is 0 Å². The summed E-state index contributed by atoms with van der Waals surface area (Å²) in [5.74, 6) is -0.222. The molecule has 1 aliphatic rings. The van der Waals surface area contributed by atoms with Crippen molar-refractivity contribution in [2.75, 3.05) is 13.2 Å². The molecule has 1 fully saturated rings. The molecule has 0 saturated carbocycles. The van der Waals surface area contributed by atoms with E-state index in [4.69, 9.17) is 9.47 Å². The van der Waals surface area contributed by atoms with E-state index in [1.54, 1.807) is 6.08 Å². The highest BCUT2D eigenvalue weighted by Crippen LogP contribution is 2.23. The topological polar surface area (TPSA) is 149 Å². The molecule has 9 heteroatoms. The molecule has 1 amide bonds. The zero-order chi connectivity index (χ0) is 40.9. The molecule has 0 radical (unpaired) electrons. The van der Waals surface area contributed by atoms with Crippen molar-refractivity contribution in [1.29, 1.82) is 0 Å². The summed E-state index contributed by atoms with van der Waals surface area (Å²) in [7, 11) is 0. The van der Waals surface area contributed by atoms with Crippen molar-refractivity contribution in [2.24, 2.45) is 0 Å². The number of carbonyl (C=O) groups excluding carboxylic acids is 1. The second-order valence-electron chi connectivity index (χ2n) is 16.5. The number of rotatable bonds is 39. The highest BCUT2D eigenvalue weighted by atomic mass is 16.7. The number of aliphatic hydroxyl groups excluding tert-OH is 5. The average Bonchev–Trinajstić information content (AvgIpc) is 3.20. The Morgan fingerprint density at radius 1 is 0.589 bits per heavy atom. The predicted molar refractivity (Wildman–Crippen MR) is 230 cm³/mol. The standard InChI is InChI=1S/C47H89NO8/c1-3-5-7-8-9-10-11-12-13-14-15-16-17-18-19-20-21-22-23-24-25-26-27-28-29-30-31-32-33-34-35-36-41(50)40(48-43(51)37-6-4-2)39-55-47-46(54)45(53)44(52)42(38-49)56-47/h31-32,35-36,40-42,44-47,49-50,52-54H,3-30,33-34,37-39H2,1-2H3,(H,48,51)/b32-31+,36-35+. The smallest absolute Gasteiger partial charge is 0.220 e. The second-order valence-corrected chi connectivity index (χ2v) is 16.5. The van der Waals surface area contributed by atoms with Gasteiger partial charge in [-0.3, -0.25) is 4.79 Å². The second kappa shape index (κ2) is 37.9. The summed E-state index contributed by atoms with van der Waals surface area (Å²) in [5, 5.41) is 53.4. The van der Waals surface area contributed by atoms with Gasteiger partial charge < -0.3 is 40.3 Å². The number of ether oxygens (including phenoxy) is 2. The molecule has 9 nitrogen and oxygen atoms in total. The van der Waals surface area contributed by atoms with Crippen molar-refractivity contribution in [3.8, 4) is 0 Å². The summed E-state index contributed by atoms with van der Waals surface area (Å²) in [5.41, 5.74) is 0. The first-order valence-corrected chi connectivity index (χ1v) is 23.6. The van der Waals surface area contributed by atoms with E-state index in [9.17, 15) is 30.3 Å². The van der Waals surface area contributed by atoms with Gasteiger partial charge in [0.2, 0.25) is 5.91 Å². The molecule has 0 aromatic carbocycles. The Morgan fingerprint density at radius 3 is 1.48 bits per heavy atom. The summed E-state index contributed by atoms with van der Waals surface area (Å²) in [6.07, 6.45) is 39.6. The van der Waals surface area contributed by atoms with Gasteiger partial charge in [-0.25, -0.2) is 0 Å². The maximum Gasteiger partial charge on any atom is 0.220 e. The van der Waals surface area contributed by atoms with Crippen molar-refractivity contribution < 1.29 is 39.8 Å². The van der Waals surface area contributed by atoms with Crippen LogP contribution < -0.4 is 5.32 Å². The SMILES string of the molecule is CCCCCCCCCCCCCCCCCCCCCCCCCCC/C=C/CC/C=C/C(O)C(COC1OC(CO)C(O)C(O)C1O)NC(=O)CCCC. The van der Waals surface area contributed by atoms with E-state index in [1.807, 2.05) is 13.0 Å². The molecule has 0 bridgehead atoms. The third-order valence-corrected chi connectivity index (χ3v) is 11.3. The van der Waals surface area contributed by atoms with Crippen LogP contribution in [0.15, 0.2) is 24.3 Å². The Morgan fingerprint density at radius 2 is 1.02 bits per heavy atom. The van der Waals surface area contributed by atoms with Crippen LogP contribution in [0.3, 0.4) is 0 Å². The van der Waals surface area contributed by atoms with Gasteiger partial charge in [0.1, 0.15) is 24.4 Å². The minimum Gasteiger partial charge on any atom is -0.394 e. The van der Waals surface area contributed by atoms with Crippen molar-refractivity contribution >= 4 is 5.91 Å². The number of allylic oxidation sites excluding steroid dienone is 3. The fourth-order valence-corrected chi connectivity index (χ4v) is 7.44. The third-order valence-electron chi connectivity index (χ3n) is 11.3.